The maximum atomic E-state index is 12.2. The van der Waals surface area contributed by atoms with Crippen molar-refractivity contribution in [2.45, 2.75) is 12.6 Å². The Morgan fingerprint density at radius 1 is 1.06 bits per heavy atom. The lowest BCUT2D eigenvalue weighted by atomic mass is 10.2. The largest absolute Gasteiger partial charge is 0.416 e. The number of halogens is 3. The summed E-state index contributed by atoms with van der Waals surface area (Å²) in [7, 11) is 1.86. The summed E-state index contributed by atoms with van der Waals surface area (Å²) in [6, 6.07) is 5.06. The predicted octanol–water partition coefficient (Wildman–Crippen LogP) is 2.73. The molecule has 1 aromatic rings. The Morgan fingerprint density at radius 2 is 1.69 bits per heavy atom. The lowest BCUT2D eigenvalue weighted by molar-refractivity contribution is -0.137. The van der Waals surface area contributed by atoms with Gasteiger partial charge in [0.1, 0.15) is 0 Å². The molecule has 2 N–H and O–H groups in total. The number of rotatable bonds is 5. The predicted molar refractivity (Wildman–Crippen MR) is 58.5 cm³/mol. The molecule has 0 aliphatic heterocycles. The van der Waals surface area contributed by atoms with Crippen LogP contribution < -0.4 is 10.6 Å². The molecule has 0 aliphatic rings. The lowest BCUT2D eigenvalue weighted by Crippen LogP contribution is -2.13. The Labute approximate surface area is 92.9 Å². The summed E-state index contributed by atoms with van der Waals surface area (Å²) in [6.45, 7) is 1.62. The van der Waals surface area contributed by atoms with Crippen LogP contribution in [0.2, 0.25) is 0 Å². The van der Waals surface area contributed by atoms with E-state index in [2.05, 4.69) is 10.6 Å². The highest BCUT2D eigenvalue weighted by molar-refractivity contribution is 5.44. The first-order valence-corrected chi connectivity index (χ1v) is 5.10. The van der Waals surface area contributed by atoms with Crippen molar-refractivity contribution < 1.29 is 13.2 Å². The average molecular weight is 232 g/mol. The minimum absolute atomic E-state index is 0.617. The van der Waals surface area contributed by atoms with Crippen LogP contribution in [0.3, 0.4) is 0 Å². The van der Waals surface area contributed by atoms with Gasteiger partial charge in [-0.3, -0.25) is 0 Å². The average Bonchev–Trinajstić information content (AvgIpc) is 2.24. The molecule has 0 bridgehead atoms. The molecular weight excluding hydrogens is 217 g/mol. The van der Waals surface area contributed by atoms with E-state index in [0.717, 1.165) is 31.6 Å². The number of nitrogens with one attached hydrogen (secondary N) is 2. The summed E-state index contributed by atoms with van der Waals surface area (Å²) >= 11 is 0. The topological polar surface area (TPSA) is 24.1 Å². The van der Waals surface area contributed by atoms with Gasteiger partial charge in [-0.15, -0.1) is 0 Å². The van der Waals surface area contributed by atoms with Crippen LogP contribution >= 0.6 is 0 Å². The van der Waals surface area contributed by atoms with E-state index in [0.29, 0.717) is 5.69 Å². The van der Waals surface area contributed by atoms with E-state index in [4.69, 9.17) is 0 Å². The van der Waals surface area contributed by atoms with Crippen LogP contribution in [0.5, 0.6) is 0 Å². The molecule has 0 unspecified atom stereocenters. The fourth-order valence-electron chi connectivity index (χ4n) is 1.27. The van der Waals surface area contributed by atoms with Crippen LogP contribution in [-0.4, -0.2) is 20.1 Å². The molecule has 1 aromatic carbocycles. The Bertz CT molecular complexity index is 306. The summed E-state index contributed by atoms with van der Waals surface area (Å²) in [5, 5.41) is 6.04. The van der Waals surface area contributed by atoms with E-state index in [9.17, 15) is 13.2 Å². The van der Waals surface area contributed by atoms with Crippen molar-refractivity contribution in [2.24, 2.45) is 0 Å². The summed E-state index contributed by atoms with van der Waals surface area (Å²) < 4.78 is 36.7. The van der Waals surface area contributed by atoms with E-state index in [1.165, 1.54) is 12.1 Å². The quantitative estimate of drug-likeness (QED) is 0.763. The van der Waals surface area contributed by atoms with Crippen molar-refractivity contribution in [1.29, 1.82) is 0 Å². The van der Waals surface area contributed by atoms with Gasteiger partial charge in [-0.2, -0.15) is 13.2 Å². The molecular formula is C11H15F3N2. The first-order valence-electron chi connectivity index (χ1n) is 5.10. The van der Waals surface area contributed by atoms with E-state index < -0.39 is 11.7 Å². The van der Waals surface area contributed by atoms with Gasteiger partial charge in [0.2, 0.25) is 0 Å². The van der Waals surface area contributed by atoms with E-state index in [-0.39, 0.29) is 0 Å². The van der Waals surface area contributed by atoms with Crippen LogP contribution in [0.25, 0.3) is 0 Å². The maximum absolute atomic E-state index is 12.2. The smallest absolute Gasteiger partial charge is 0.385 e. The fraction of sp³-hybridized carbons (Fsp3) is 0.455. The first kappa shape index (κ1) is 12.8. The van der Waals surface area contributed by atoms with E-state index in [1.54, 1.807) is 0 Å². The summed E-state index contributed by atoms with van der Waals surface area (Å²) in [5.41, 5.74) is 0.0948. The third-order valence-corrected chi connectivity index (χ3v) is 2.14. The van der Waals surface area contributed by atoms with Crippen LogP contribution in [0.15, 0.2) is 24.3 Å². The molecule has 2 nitrogen and oxygen atoms in total. The van der Waals surface area contributed by atoms with Crippen molar-refractivity contribution in [3.05, 3.63) is 29.8 Å². The second-order valence-electron chi connectivity index (χ2n) is 3.46. The van der Waals surface area contributed by atoms with Gasteiger partial charge < -0.3 is 10.6 Å². The van der Waals surface area contributed by atoms with Gasteiger partial charge in [0, 0.05) is 12.2 Å². The van der Waals surface area contributed by atoms with E-state index >= 15 is 0 Å². The Hall–Kier alpha value is -1.23. The number of anilines is 1. The standard InChI is InChI=1S/C11H15F3N2/c1-15-7-2-8-16-10-5-3-9(4-6-10)11(12,13)14/h3-6,15-16H,2,7-8H2,1H3. The molecule has 0 fully saturated rings. The number of alkyl halides is 3. The number of hydrogen-bond acceptors (Lipinski definition) is 2. The van der Waals surface area contributed by atoms with Crippen LogP contribution in [0.4, 0.5) is 18.9 Å². The van der Waals surface area contributed by atoms with Gasteiger partial charge >= 0.3 is 6.18 Å². The summed E-state index contributed by atoms with van der Waals surface area (Å²) in [5.74, 6) is 0. The van der Waals surface area contributed by atoms with Crippen LogP contribution in [0.1, 0.15) is 12.0 Å². The highest BCUT2D eigenvalue weighted by Gasteiger charge is 2.29. The zero-order valence-corrected chi connectivity index (χ0v) is 9.06. The van der Waals surface area contributed by atoms with Gasteiger partial charge in [0.25, 0.3) is 0 Å². The van der Waals surface area contributed by atoms with Gasteiger partial charge in [-0.25, -0.2) is 0 Å². The molecule has 0 aromatic heterocycles. The molecule has 90 valence electrons. The maximum Gasteiger partial charge on any atom is 0.416 e. The Kier molecular flexibility index (Phi) is 4.61. The monoisotopic (exact) mass is 232 g/mol. The molecule has 0 radical (unpaired) electrons. The molecule has 1 rings (SSSR count). The molecule has 0 spiro atoms. The van der Waals surface area contributed by atoms with Gasteiger partial charge in [0.15, 0.2) is 0 Å². The zero-order valence-electron chi connectivity index (χ0n) is 9.06. The molecule has 0 atom stereocenters. The van der Waals surface area contributed by atoms with Crippen molar-refractivity contribution in [1.82, 2.24) is 5.32 Å². The van der Waals surface area contributed by atoms with Crippen molar-refractivity contribution in [3.63, 3.8) is 0 Å². The molecule has 0 aliphatic carbocycles. The Balaban J connectivity index is 2.46. The van der Waals surface area contributed by atoms with Crippen molar-refractivity contribution in [3.8, 4) is 0 Å². The zero-order chi connectivity index (χ0) is 12.0. The summed E-state index contributed by atoms with van der Waals surface area (Å²) in [4.78, 5) is 0. The molecule has 0 heterocycles. The third-order valence-electron chi connectivity index (χ3n) is 2.14. The minimum Gasteiger partial charge on any atom is -0.385 e. The summed E-state index contributed by atoms with van der Waals surface area (Å²) in [6.07, 6.45) is -3.33. The van der Waals surface area contributed by atoms with Crippen LogP contribution in [0, 0.1) is 0 Å². The fourth-order valence-corrected chi connectivity index (χ4v) is 1.27. The second kappa shape index (κ2) is 5.75. The molecule has 0 amide bonds. The highest BCUT2D eigenvalue weighted by atomic mass is 19.4. The minimum atomic E-state index is -4.26. The molecule has 16 heavy (non-hydrogen) atoms. The third kappa shape index (κ3) is 4.10. The van der Waals surface area contributed by atoms with E-state index in [1.807, 2.05) is 7.05 Å². The normalized spacial score (nSPS) is 11.5. The molecule has 0 saturated heterocycles. The Morgan fingerprint density at radius 3 is 2.19 bits per heavy atom. The van der Waals surface area contributed by atoms with Crippen LogP contribution in [-0.2, 0) is 6.18 Å². The SMILES string of the molecule is CNCCCNc1ccc(C(F)(F)F)cc1. The van der Waals surface area contributed by atoms with Gasteiger partial charge in [-0.1, -0.05) is 0 Å². The van der Waals surface area contributed by atoms with Crippen molar-refractivity contribution in [2.75, 3.05) is 25.5 Å². The molecule has 5 heteroatoms. The van der Waals surface area contributed by atoms with Gasteiger partial charge in [0.05, 0.1) is 5.56 Å². The lowest BCUT2D eigenvalue weighted by Gasteiger charge is -2.09. The van der Waals surface area contributed by atoms with Crippen molar-refractivity contribution >= 4 is 5.69 Å². The van der Waals surface area contributed by atoms with Gasteiger partial charge in [-0.05, 0) is 44.3 Å². The number of benzene rings is 1. The first-order chi connectivity index (χ1) is 7.54. The molecule has 0 saturated carbocycles. The number of hydrogen-bond donors (Lipinski definition) is 2. The highest BCUT2D eigenvalue weighted by Crippen LogP contribution is 2.29. The second-order valence-corrected chi connectivity index (χ2v) is 3.46.